The Bertz CT molecular complexity index is 343. The largest absolute Gasteiger partial charge is 0.480 e. The molecular weight excluding hydrogens is 218 g/mol. The summed E-state index contributed by atoms with van der Waals surface area (Å²) in [5, 5.41) is 9.10. The average molecular weight is 230 g/mol. The van der Waals surface area contributed by atoms with Crippen molar-refractivity contribution in [1.29, 1.82) is 0 Å². The van der Waals surface area contributed by atoms with Gasteiger partial charge in [-0.2, -0.15) is 0 Å². The summed E-state index contributed by atoms with van der Waals surface area (Å²) >= 11 is 5.87. The van der Waals surface area contributed by atoms with E-state index >= 15 is 0 Å². The van der Waals surface area contributed by atoms with Crippen molar-refractivity contribution in [2.24, 2.45) is 5.73 Å². The molecule has 0 aliphatic heterocycles. The minimum absolute atomic E-state index is 0.0272. The predicted octanol–water partition coefficient (Wildman–Crippen LogP) is 1.27. The van der Waals surface area contributed by atoms with Crippen LogP contribution < -0.4 is 5.73 Å². The van der Waals surface area contributed by atoms with Crippen molar-refractivity contribution in [3.63, 3.8) is 0 Å². The molecule has 0 heterocycles. The number of benzene rings is 1. The van der Waals surface area contributed by atoms with E-state index in [0.29, 0.717) is 5.02 Å². The molecule has 0 spiro atoms. The molecule has 0 aliphatic carbocycles. The van der Waals surface area contributed by atoms with Crippen LogP contribution in [0, 0.1) is 0 Å². The number of hydrogen-bond donors (Lipinski definition) is 2. The molecule has 4 nitrogen and oxygen atoms in total. The van der Waals surface area contributed by atoms with Crippen LogP contribution in [0.3, 0.4) is 0 Å². The molecule has 1 atom stereocenters. The summed E-state index contributed by atoms with van der Waals surface area (Å²) in [6.45, 7) is 0.237. The van der Waals surface area contributed by atoms with Gasteiger partial charge < -0.3 is 15.6 Å². The van der Waals surface area contributed by atoms with Gasteiger partial charge in [0.05, 0.1) is 13.2 Å². The third-order valence-electron chi connectivity index (χ3n) is 1.83. The quantitative estimate of drug-likeness (QED) is 0.798. The van der Waals surface area contributed by atoms with Crippen LogP contribution in [0.1, 0.15) is 5.56 Å². The number of hydrogen-bond acceptors (Lipinski definition) is 3. The van der Waals surface area contributed by atoms with Crippen molar-refractivity contribution in [2.75, 3.05) is 6.61 Å². The van der Waals surface area contributed by atoms with Crippen LogP contribution in [0.15, 0.2) is 24.3 Å². The second-order valence-electron chi connectivity index (χ2n) is 3.05. The van der Waals surface area contributed by atoms with Crippen molar-refractivity contribution in [2.45, 2.75) is 12.6 Å². The predicted molar refractivity (Wildman–Crippen MR) is 56.7 cm³/mol. The number of carbonyl (C=O) groups is 1. The fraction of sp³-hybridized carbons (Fsp3) is 0.300. The summed E-state index contributed by atoms with van der Waals surface area (Å²) in [5.74, 6) is -1.07. The highest BCUT2D eigenvalue weighted by atomic mass is 35.5. The van der Waals surface area contributed by atoms with E-state index in [4.69, 9.17) is 27.2 Å². The van der Waals surface area contributed by atoms with Gasteiger partial charge in [-0.05, 0) is 11.6 Å². The van der Waals surface area contributed by atoms with Crippen molar-refractivity contribution < 1.29 is 14.6 Å². The number of carboxylic acid groups (broad SMARTS) is 1. The first-order chi connectivity index (χ1) is 7.11. The lowest BCUT2D eigenvalue weighted by Gasteiger charge is -2.08. The zero-order valence-electron chi connectivity index (χ0n) is 8.02. The molecule has 1 unspecified atom stereocenters. The number of nitrogens with two attached hydrogens (primary N) is 1. The molecule has 0 aliphatic rings. The van der Waals surface area contributed by atoms with Crippen LogP contribution in [0.5, 0.6) is 0 Å². The van der Waals surface area contributed by atoms with Gasteiger partial charge in [-0.3, -0.25) is 4.79 Å². The lowest BCUT2D eigenvalue weighted by atomic mass is 10.2. The number of ether oxygens (including phenoxy) is 1. The van der Waals surface area contributed by atoms with Crippen LogP contribution in [0.25, 0.3) is 0 Å². The molecule has 0 fully saturated rings. The first-order valence-corrected chi connectivity index (χ1v) is 4.78. The van der Waals surface area contributed by atoms with E-state index in [2.05, 4.69) is 0 Å². The van der Waals surface area contributed by atoms with Crippen molar-refractivity contribution in [3.8, 4) is 0 Å². The normalized spacial score (nSPS) is 12.4. The van der Waals surface area contributed by atoms with Gasteiger partial charge in [0.1, 0.15) is 6.04 Å². The van der Waals surface area contributed by atoms with Crippen molar-refractivity contribution in [1.82, 2.24) is 0 Å². The molecule has 1 aromatic rings. The fourth-order valence-corrected chi connectivity index (χ4v) is 1.17. The smallest absolute Gasteiger partial charge is 0.322 e. The zero-order chi connectivity index (χ0) is 11.3. The molecule has 1 aromatic carbocycles. The van der Waals surface area contributed by atoms with Crippen LogP contribution in [0.4, 0.5) is 0 Å². The number of carboxylic acids is 1. The van der Waals surface area contributed by atoms with Gasteiger partial charge in [0.25, 0.3) is 0 Å². The molecular formula is C10H12ClNO3. The van der Waals surface area contributed by atoms with E-state index in [1.165, 1.54) is 0 Å². The Morgan fingerprint density at radius 2 is 2.20 bits per heavy atom. The summed E-state index contributed by atoms with van der Waals surface area (Å²) in [6.07, 6.45) is 0. The molecule has 0 aromatic heterocycles. The molecule has 15 heavy (non-hydrogen) atoms. The highest BCUT2D eigenvalue weighted by Crippen LogP contribution is 2.15. The van der Waals surface area contributed by atoms with Crippen LogP contribution in [-0.4, -0.2) is 23.7 Å². The van der Waals surface area contributed by atoms with Gasteiger partial charge >= 0.3 is 5.97 Å². The molecule has 0 saturated carbocycles. The van der Waals surface area contributed by atoms with E-state index in [1.807, 2.05) is 18.2 Å². The standard InChI is InChI=1S/C10H12ClNO3/c11-8-4-2-1-3-7(8)5-15-6-9(12)10(13)14/h1-4,9H,5-6,12H2,(H,13,14). The van der Waals surface area contributed by atoms with E-state index in [-0.39, 0.29) is 13.2 Å². The highest BCUT2D eigenvalue weighted by molar-refractivity contribution is 6.31. The maximum Gasteiger partial charge on any atom is 0.322 e. The second-order valence-corrected chi connectivity index (χ2v) is 3.46. The topological polar surface area (TPSA) is 72.5 Å². The first-order valence-electron chi connectivity index (χ1n) is 4.41. The number of rotatable bonds is 5. The van der Waals surface area contributed by atoms with Gasteiger partial charge in [-0.15, -0.1) is 0 Å². The highest BCUT2D eigenvalue weighted by Gasteiger charge is 2.11. The Labute approximate surface area is 92.6 Å². The average Bonchev–Trinajstić information content (AvgIpc) is 2.20. The zero-order valence-corrected chi connectivity index (χ0v) is 8.78. The van der Waals surface area contributed by atoms with E-state index in [9.17, 15) is 4.79 Å². The Kier molecular flexibility index (Phi) is 4.55. The molecule has 3 N–H and O–H groups in total. The summed E-state index contributed by atoms with van der Waals surface area (Å²) in [4.78, 5) is 10.4. The van der Waals surface area contributed by atoms with Crippen molar-refractivity contribution >= 4 is 17.6 Å². The van der Waals surface area contributed by atoms with Crippen LogP contribution >= 0.6 is 11.6 Å². The first kappa shape index (κ1) is 12.0. The third-order valence-corrected chi connectivity index (χ3v) is 2.20. The van der Waals surface area contributed by atoms with Gasteiger partial charge in [0.15, 0.2) is 0 Å². The summed E-state index contributed by atoms with van der Waals surface area (Å²) in [5.41, 5.74) is 6.08. The fourth-order valence-electron chi connectivity index (χ4n) is 0.983. The number of halogens is 1. The van der Waals surface area contributed by atoms with Gasteiger partial charge in [-0.1, -0.05) is 29.8 Å². The monoisotopic (exact) mass is 229 g/mol. The van der Waals surface area contributed by atoms with E-state index < -0.39 is 12.0 Å². The Balaban J connectivity index is 2.38. The molecule has 0 radical (unpaired) electrons. The molecule has 5 heteroatoms. The summed E-state index contributed by atoms with van der Waals surface area (Å²) in [7, 11) is 0. The Morgan fingerprint density at radius 1 is 1.53 bits per heavy atom. The van der Waals surface area contributed by atoms with E-state index in [0.717, 1.165) is 5.56 Å². The van der Waals surface area contributed by atoms with Gasteiger partial charge in [0, 0.05) is 5.02 Å². The maximum absolute atomic E-state index is 10.4. The minimum atomic E-state index is -1.07. The van der Waals surface area contributed by atoms with E-state index in [1.54, 1.807) is 6.07 Å². The molecule has 0 saturated heterocycles. The molecule has 1 rings (SSSR count). The number of aliphatic carboxylic acids is 1. The molecule has 82 valence electrons. The lowest BCUT2D eigenvalue weighted by Crippen LogP contribution is -2.34. The van der Waals surface area contributed by atoms with Crippen LogP contribution in [0.2, 0.25) is 5.02 Å². The summed E-state index contributed by atoms with van der Waals surface area (Å²) < 4.78 is 5.13. The SMILES string of the molecule is NC(COCc1ccccc1Cl)C(=O)O. The van der Waals surface area contributed by atoms with Crippen molar-refractivity contribution in [3.05, 3.63) is 34.9 Å². The third kappa shape index (κ3) is 3.87. The minimum Gasteiger partial charge on any atom is -0.480 e. The summed E-state index contributed by atoms with van der Waals surface area (Å²) in [6, 6.07) is 6.22. The molecule has 0 bridgehead atoms. The Hall–Kier alpha value is -1.10. The lowest BCUT2D eigenvalue weighted by molar-refractivity contribution is -0.140. The second kappa shape index (κ2) is 5.70. The van der Waals surface area contributed by atoms with Gasteiger partial charge in [-0.25, -0.2) is 0 Å². The maximum atomic E-state index is 10.4. The Morgan fingerprint density at radius 3 is 2.80 bits per heavy atom. The molecule has 0 amide bonds. The van der Waals surface area contributed by atoms with Crippen LogP contribution in [-0.2, 0) is 16.1 Å². The van der Waals surface area contributed by atoms with Gasteiger partial charge in [0.2, 0.25) is 0 Å².